The average Bonchev–Trinajstić information content (AvgIpc) is 2.09. The van der Waals surface area contributed by atoms with Crippen molar-refractivity contribution in [3.05, 3.63) is 32.3 Å². The van der Waals surface area contributed by atoms with Gasteiger partial charge in [0.1, 0.15) is 4.84 Å². The fourth-order valence-electron chi connectivity index (χ4n) is 1.03. The summed E-state index contributed by atoms with van der Waals surface area (Å²) in [5, 5.41) is 1.04. The highest BCUT2D eigenvalue weighted by molar-refractivity contribution is 6.48. The van der Waals surface area contributed by atoms with Crippen molar-refractivity contribution in [3.63, 3.8) is 0 Å². The molecule has 0 atom stereocenters. The Morgan fingerprint density at radius 1 is 1.07 bits per heavy atom. The molecular weight excluding hydrogens is 309 g/mol. The van der Waals surface area contributed by atoms with Gasteiger partial charge in [-0.3, -0.25) is 0 Å². The van der Waals surface area contributed by atoms with Crippen LogP contribution in [-0.2, 0) is 5.88 Å². The van der Waals surface area contributed by atoms with E-state index in [1.54, 1.807) is 0 Å². The summed E-state index contributed by atoms with van der Waals surface area (Å²) in [4.78, 5) is -0.772. The van der Waals surface area contributed by atoms with Gasteiger partial charge >= 0.3 is 0 Å². The van der Waals surface area contributed by atoms with E-state index < -0.39 is 4.84 Å². The first-order chi connectivity index (χ1) is 6.49. The van der Waals surface area contributed by atoms with Gasteiger partial charge in [0.2, 0.25) is 0 Å². The van der Waals surface area contributed by atoms with E-state index in [4.69, 9.17) is 69.6 Å². The highest BCUT2D eigenvalue weighted by Gasteiger charge is 2.18. The summed E-state index contributed by atoms with van der Waals surface area (Å²) in [6, 6.07) is 1.49. The Labute approximate surface area is 112 Å². The van der Waals surface area contributed by atoms with Crippen LogP contribution in [0.25, 0.3) is 0 Å². The minimum Gasteiger partial charge on any atom is -0.121 e. The maximum Gasteiger partial charge on any atom is 0.134 e. The molecule has 1 aromatic rings. The molecule has 1 rings (SSSR count). The van der Waals surface area contributed by atoms with Crippen LogP contribution in [0.15, 0.2) is 6.07 Å². The van der Waals surface area contributed by atoms with Gasteiger partial charge in [0.15, 0.2) is 0 Å². The Morgan fingerprint density at radius 2 is 1.64 bits per heavy atom. The maximum absolute atomic E-state index is 5.92. The molecule has 6 heteroatoms. The quantitative estimate of drug-likeness (QED) is 0.474. The topological polar surface area (TPSA) is 0 Å². The second-order valence-electron chi connectivity index (χ2n) is 2.48. The van der Waals surface area contributed by atoms with Crippen molar-refractivity contribution in [1.82, 2.24) is 0 Å². The zero-order chi connectivity index (χ0) is 10.9. The predicted octanol–water partition coefficient (Wildman–Crippen LogP) is 5.86. The van der Waals surface area contributed by atoms with Crippen molar-refractivity contribution in [3.8, 4) is 0 Å². The third kappa shape index (κ3) is 2.55. The molecule has 0 nitrogen and oxygen atoms in total. The molecule has 0 N–H and O–H groups in total. The molecule has 0 heterocycles. The van der Waals surface area contributed by atoms with E-state index in [0.717, 1.165) is 0 Å². The van der Waals surface area contributed by atoms with E-state index >= 15 is 0 Å². The lowest BCUT2D eigenvalue weighted by molar-refractivity contribution is 1.24. The summed E-state index contributed by atoms with van der Waals surface area (Å²) < 4.78 is 0. The van der Waals surface area contributed by atoms with Crippen LogP contribution in [0.2, 0.25) is 15.1 Å². The summed E-state index contributed by atoms with van der Waals surface area (Å²) in [5.74, 6) is 0.157. The SMILES string of the molecule is ClCc1c(Cl)c(Cl)cc(Cl)c1C(Cl)Cl. The van der Waals surface area contributed by atoms with Gasteiger partial charge in [-0.15, -0.1) is 11.6 Å². The molecule has 78 valence electrons. The minimum absolute atomic E-state index is 0.157. The van der Waals surface area contributed by atoms with Crippen molar-refractivity contribution >= 4 is 69.6 Å². The first-order valence-electron chi connectivity index (χ1n) is 3.49. The predicted molar refractivity (Wildman–Crippen MR) is 65.5 cm³/mol. The van der Waals surface area contributed by atoms with Crippen LogP contribution < -0.4 is 0 Å². The van der Waals surface area contributed by atoms with Crippen molar-refractivity contribution in [1.29, 1.82) is 0 Å². The molecule has 0 aliphatic heterocycles. The monoisotopic (exact) mass is 310 g/mol. The highest BCUT2D eigenvalue weighted by Crippen LogP contribution is 2.41. The molecule has 1 aromatic carbocycles. The van der Waals surface area contributed by atoms with E-state index in [2.05, 4.69) is 0 Å². The first-order valence-corrected chi connectivity index (χ1v) is 6.03. The molecule has 0 aliphatic rings. The minimum atomic E-state index is -0.772. The van der Waals surface area contributed by atoms with Crippen LogP contribution in [0.4, 0.5) is 0 Å². The zero-order valence-corrected chi connectivity index (χ0v) is 11.2. The van der Waals surface area contributed by atoms with Gasteiger partial charge < -0.3 is 0 Å². The number of hydrogen-bond donors (Lipinski definition) is 0. The standard InChI is InChI=1S/C8H4Cl6/c9-2-3-6(8(13)14)4(10)1-5(11)7(3)12/h1,8H,2H2. The van der Waals surface area contributed by atoms with Gasteiger partial charge in [0.05, 0.1) is 10.0 Å². The summed E-state index contributed by atoms with van der Waals surface area (Å²) in [7, 11) is 0. The van der Waals surface area contributed by atoms with E-state index in [1.165, 1.54) is 6.07 Å². The van der Waals surface area contributed by atoms with E-state index in [1.807, 2.05) is 0 Å². The third-order valence-electron chi connectivity index (χ3n) is 1.66. The lowest BCUT2D eigenvalue weighted by Gasteiger charge is -2.13. The van der Waals surface area contributed by atoms with Crippen molar-refractivity contribution < 1.29 is 0 Å². The smallest absolute Gasteiger partial charge is 0.121 e. The van der Waals surface area contributed by atoms with Crippen LogP contribution in [0.3, 0.4) is 0 Å². The molecular formula is C8H4Cl6. The highest BCUT2D eigenvalue weighted by atomic mass is 35.5. The second-order valence-corrected chi connectivity index (χ2v) is 5.04. The fourth-order valence-corrected chi connectivity index (χ4v) is 2.82. The molecule has 0 saturated carbocycles. The zero-order valence-electron chi connectivity index (χ0n) is 6.63. The molecule has 0 radical (unpaired) electrons. The maximum atomic E-state index is 5.92. The lowest BCUT2D eigenvalue weighted by atomic mass is 10.1. The summed E-state index contributed by atoms with van der Waals surface area (Å²) in [6.45, 7) is 0. The molecule has 0 fully saturated rings. The number of halogens is 6. The average molecular weight is 313 g/mol. The van der Waals surface area contributed by atoms with Gasteiger partial charge in [-0.2, -0.15) is 0 Å². The van der Waals surface area contributed by atoms with Crippen LogP contribution in [0, 0.1) is 0 Å². The van der Waals surface area contributed by atoms with E-state index in [-0.39, 0.29) is 5.88 Å². The first kappa shape index (κ1) is 13.0. The molecule has 0 saturated heterocycles. The van der Waals surface area contributed by atoms with Gasteiger partial charge in [-0.1, -0.05) is 58.0 Å². The Bertz CT molecular complexity index is 346. The molecule has 14 heavy (non-hydrogen) atoms. The number of rotatable bonds is 2. The van der Waals surface area contributed by atoms with Crippen LogP contribution >= 0.6 is 69.6 Å². The largest absolute Gasteiger partial charge is 0.134 e. The summed E-state index contributed by atoms with van der Waals surface area (Å²) in [5.41, 5.74) is 1.08. The number of hydrogen-bond acceptors (Lipinski definition) is 0. The van der Waals surface area contributed by atoms with Crippen molar-refractivity contribution in [2.75, 3.05) is 0 Å². The van der Waals surface area contributed by atoms with E-state index in [0.29, 0.717) is 26.2 Å². The molecule has 0 aliphatic carbocycles. The second kappa shape index (κ2) is 5.34. The van der Waals surface area contributed by atoms with Crippen molar-refractivity contribution in [2.24, 2.45) is 0 Å². The van der Waals surface area contributed by atoms with Gasteiger partial charge in [-0.25, -0.2) is 0 Å². The Balaban J connectivity index is 3.47. The van der Waals surface area contributed by atoms with Gasteiger partial charge in [0.25, 0.3) is 0 Å². The molecule has 0 aromatic heterocycles. The lowest BCUT2D eigenvalue weighted by Crippen LogP contribution is -1.94. The fraction of sp³-hybridized carbons (Fsp3) is 0.250. The molecule has 0 spiro atoms. The van der Waals surface area contributed by atoms with Gasteiger partial charge in [-0.05, 0) is 11.6 Å². The van der Waals surface area contributed by atoms with Crippen LogP contribution in [-0.4, -0.2) is 0 Å². The van der Waals surface area contributed by atoms with Crippen LogP contribution in [0.1, 0.15) is 16.0 Å². The Kier molecular flexibility index (Phi) is 4.97. The number of alkyl halides is 3. The molecule has 0 bridgehead atoms. The summed E-state index contributed by atoms with van der Waals surface area (Å²) in [6.07, 6.45) is 0. The van der Waals surface area contributed by atoms with Crippen LogP contribution in [0.5, 0.6) is 0 Å². The molecule has 0 amide bonds. The Hall–Kier alpha value is 0.960. The van der Waals surface area contributed by atoms with Gasteiger partial charge in [0, 0.05) is 16.5 Å². The third-order valence-corrected chi connectivity index (χ3v) is 3.51. The van der Waals surface area contributed by atoms with E-state index in [9.17, 15) is 0 Å². The Morgan fingerprint density at radius 3 is 2.07 bits per heavy atom. The number of benzene rings is 1. The normalized spacial score (nSPS) is 11.1. The summed E-state index contributed by atoms with van der Waals surface area (Å²) >= 11 is 34.8. The molecule has 0 unspecified atom stereocenters. The van der Waals surface area contributed by atoms with Crippen molar-refractivity contribution in [2.45, 2.75) is 10.7 Å².